The molecule has 0 aliphatic carbocycles. The zero-order chi connectivity index (χ0) is 23.7. The molecular weight excluding hydrogens is 442 g/mol. The number of methoxy groups -OCH3 is 1. The van der Waals surface area contributed by atoms with E-state index in [4.69, 9.17) is 4.74 Å². The molecule has 1 heterocycles. The minimum atomic E-state index is -3.59. The van der Waals surface area contributed by atoms with Gasteiger partial charge in [0, 0.05) is 25.7 Å². The van der Waals surface area contributed by atoms with Gasteiger partial charge in [-0.15, -0.1) is 0 Å². The Labute approximate surface area is 195 Å². The lowest BCUT2D eigenvalue weighted by Crippen LogP contribution is -2.46. The maximum absolute atomic E-state index is 13.0. The van der Waals surface area contributed by atoms with E-state index in [1.54, 1.807) is 37.4 Å². The van der Waals surface area contributed by atoms with Gasteiger partial charge in [-0.3, -0.25) is 9.59 Å². The predicted octanol–water partition coefficient (Wildman–Crippen LogP) is 2.10. The van der Waals surface area contributed by atoms with E-state index in [-0.39, 0.29) is 17.5 Å². The molecule has 8 nitrogen and oxygen atoms in total. The second kappa shape index (κ2) is 11.8. The van der Waals surface area contributed by atoms with Gasteiger partial charge in [0.25, 0.3) is 0 Å². The van der Waals surface area contributed by atoms with Gasteiger partial charge in [-0.05, 0) is 55.5 Å². The van der Waals surface area contributed by atoms with Crippen molar-refractivity contribution in [2.45, 2.75) is 43.0 Å². The summed E-state index contributed by atoms with van der Waals surface area (Å²) in [6.45, 7) is 1.03. The summed E-state index contributed by atoms with van der Waals surface area (Å²) >= 11 is 0. The number of carbonyl (C=O) groups is 2. The number of benzene rings is 2. The lowest BCUT2D eigenvalue weighted by atomic mass is 10.0. The van der Waals surface area contributed by atoms with Crippen LogP contribution in [0.3, 0.4) is 0 Å². The van der Waals surface area contributed by atoms with Crippen LogP contribution in [0.15, 0.2) is 59.5 Å². The Kier molecular flexibility index (Phi) is 8.85. The number of nitrogens with one attached hydrogen (secondary N) is 2. The average molecular weight is 474 g/mol. The first-order valence-corrected chi connectivity index (χ1v) is 12.6. The Hall–Kier alpha value is -2.91. The van der Waals surface area contributed by atoms with E-state index in [1.165, 1.54) is 4.31 Å². The van der Waals surface area contributed by atoms with Crippen molar-refractivity contribution in [3.63, 3.8) is 0 Å². The third kappa shape index (κ3) is 6.79. The Morgan fingerprint density at radius 3 is 2.30 bits per heavy atom. The van der Waals surface area contributed by atoms with Gasteiger partial charge in [-0.1, -0.05) is 36.8 Å². The van der Waals surface area contributed by atoms with Crippen molar-refractivity contribution >= 4 is 21.8 Å². The molecule has 0 saturated carbocycles. The van der Waals surface area contributed by atoms with Crippen LogP contribution in [0.2, 0.25) is 0 Å². The number of carbonyl (C=O) groups excluding carboxylic acids is 2. The van der Waals surface area contributed by atoms with Gasteiger partial charge >= 0.3 is 11.8 Å². The van der Waals surface area contributed by atoms with Crippen LogP contribution in [0.25, 0.3) is 0 Å². The largest absolute Gasteiger partial charge is 0.497 e. The maximum Gasteiger partial charge on any atom is 0.309 e. The highest BCUT2D eigenvalue weighted by molar-refractivity contribution is 7.89. The van der Waals surface area contributed by atoms with E-state index in [9.17, 15) is 18.0 Å². The number of amides is 2. The van der Waals surface area contributed by atoms with Crippen molar-refractivity contribution in [1.82, 2.24) is 14.9 Å². The highest BCUT2D eigenvalue weighted by Gasteiger charge is 2.33. The lowest BCUT2D eigenvalue weighted by Gasteiger charge is -2.34. The van der Waals surface area contributed by atoms with Crippen LogP contribution < -0.4 is 15.4 Å². The van der Waals surface area contributed by atoms with Crippen LogP contribution in [0.5, 0.6) is 5.75 Å². The Balaban J connectivity index is 1.44. The van der Waals surface area contributed by atoms with Gasteiger partial charge in [0.05, 0.1) is 12.0 Å². The Morgan fingerprint density at radius 1 is 0.970 bits per heavy atom. The number of hydrogen-bond acceptors (Lipinski definition) is 5. The summed E-state index contributed by atoms with van der Waals surface area (Å²) in [7, 11) is -1.99. The molecule has 9 heteroatoms. The van der Waals surface area contributed by atoms with Crippen LogP contribution in [-0.2, 0) is 26.0 Å². The second-order valence-corrected chi connectivity index (χ2v) is 9.87. The molecule has 1 aliphatic rings. The first-order chi connectivity index (χ1) is 15.9. The lowest BCUT2D eigenvalue weighted by molar-refractivity contribution is -0.139. The zero-order valence-corrected chi connectivity index (χ0v) is 19.6. The highest BCUT2D eigenvalue weighted by Crippen LogP contribution is 2.26. The molecule has 2 aromatic rings. The van der Waals surface area contributed by atoms with Gasteiger partial charge in [-0.2, -0.15) is 4.31 Å². The minimum absolute atomic E-state index is 0.206. The molecule has 0 radical (unpaired) electrons. The fourth-order valence-electron chi connectivity index (χ4n) is 3.93. The molecule has 0 aromatic heterocycles. The first kappa shape index (κ1) is 24.7. The summed E-state index contributed by atoms with van der Waals surface area (Å²) in [4.78, 5) is 24.5. The molecule has 1 saturated heterocycles. The molecule has 2 aromatic carbocycles. The molecule has 178 valence electrons. The number of ether oxygens (including phenoxy) is 1. The fraction of sp³-hybridized carbons (Fsp3) is 0.417. The number of nitrogens with zero attached hydrogens (tertiary/aromatic N) is 1. The van der Waals surface area contributed by atoms with Crippen LogP contribution in [0.4, 0.5) is 0 Å². The van der Waals surface area contributed by atoms with Crippen molar-refractivity contribution in [2.75, 3.05) is 26.7 Å². The molecule has 2 N–H and O–H groups in total. The van der Waals surface area contributed by atoms with E-state index in [2.05, 4.69) is 10.6 Å². The third-order valence-electron chi connectivity index (χ3n) is 5.75. The minimum Gasteiger partial charge on any atom is -0.497 e. The molecule has 1 aliphatic heterocycles. The summed E-state index contributed by atoms with van der Waals surface area (Å²) in [6.07, 6.45) is 3.53. The van der Waals surface area contributed by atoms with Gasteiger partial charge in [-0.25, -0.2) is 8.42 Å². The van der Waals surface area contributed by atoms with Gasteiger partial charge in [0.2, 0.25) is 10.0 Å². The number of sulfonamides is 1. The summed E-state index contributed by atoms with van der Waals surface area (Å²) in [5, 5.41) is 5.23. The molecule has 33 heavy (non-hydrogen) atoms. The van der Waals surface area contributed by atoms with E-state index >= 15 is 0 Å². The molecular formula is C24H31N3O5S. The van der Waals surface area contributed by atoms with E-state index < -0.39 is 21.8 Å². The standard InChI is InChI=1S/C24H31N3O5S/c1-32-21-12-10-19(11-13-21)14-16-25-23(28)24(29)26-17-15-20-7-5-6-18-27(20)33(30,31)22-8-3-2-4-9-22/h2-4,8-13,20H,5-7,14-18H2,1H3,(H,25,28)(H,26,29)/t20-/m0/s1. The van der Waals surface area contributed by atoms with Gasteiger partial charge < -0.3 is 15.4 Å². The van der Waals surface area contributed by atoms with Gasteiger partial charge in [0.1, 0.15) is 5.75 Å². The van der Waals surface area contributed by atoms with Crippen molar-refractivity contribution in [3.05, 3.63) is 60.2 Å². The average Bonchev–Trinajstić information content (AvgIpc) is 2.85. The molecule has 0 unspecified atom stereocenters. The van der Waals surface area contributed by atoms with Crippen molar-refractivity contribution in [2.24, 2.45) is 0 Å². The summed E-state index contributed by atoms with van der Waals surface area (Å²) in [5.41, 5.74) is 1.02. The first-order valence-electron chi connectivity index (χ1n) is 11.2. The van der Waals surface area contributed by atoms with Crippen LogP contribution in [0, 0.1) is 0 Å². The van der Waals surface area contributed by atoms with E-state index in [0.717, 1.165) is 30.6 Å². The van der Waals surface area contributed by atoms with E-state index in [0.29, 0.717) is 25.9 Å². The zero-order valence-electron chi connectivity index (χ0n) is 18.8. The number of piperidine rings is 1. The quantitative estimate of drug-likeness (QED) is 0.543. The van der Waals surface area contributed by atoms with Crippen LogP contribution in [-0.4, -0.2) is 57.3 Å². The Bertz CT molecular complexity index is 1030. The maximum atomic E-state index is 13.0. The highest BCUT2D eigenvalue weighted by atomic mass is 32.2. The van der Waals surface area contributed by atoms with Crippen molar-refractivity contribution in [3.8, 4) is 5.75 Å². The predicted molar refractivity (Wildman–Crippen MR) is 125 cm³/mol. The number of rotatable bonds is 9. The van der Waals surface area contributed by atoms with Crippen LogP contribution >= 0.6 is 0 Å². The van der Waals surface area contributed by atoms with Crippen LogP contribution in [0.1, 0.15) is 31.2 Å². The summed E-state index contributed by atoms with van der Waals surface area (Å²) in [5.74, 6) is -0.644. The smallest absolute Gasteiger partial charge is 0.309 e. The Morgan fingerprint density at radius 2 is 1.64 bits per heavy atom. The fourth-order valence-corrected chi connectivity index (χ4v) is 5.68. The third-order valence-corrected chi connectivity index (χ3v) is 7.72. The molecule has 1 fully saturated rings. The summed E-state index contributed by atoms with van der Waals surface area (Å²) < 4.78 is 32.7. The van der Waals surface area contributed by atoms with Gasteiger partial charge in [0.15, 0.2) is 0 Å². The van der Waals surface area contributed by atoms with E-state index in [1.807, 2.05) is 24.3 Å². The molecule has 2 amide bonds. The molecule has 0 bridgehead atoms. The summed E-state index contributed by atoms with van der Waals surface area (Å²) in [6, 6.07) is 15.7. The molecule has 1 atom stereocenters. The second-order valence-electron chi connectivity index (χ2n) is 7.98. The molecule has 0 spiro atoms. The molecule has 3 rings (SSSR count). The topological polar surface area (TPSA) is 105 Å². The number of hydrogen-bond donors (Lipinski definition) is 2. The normalized spacial score (nSPS) is 16.7. The SMILES string of the molecule is COc1ccc(CCNC(=O)C(=O)NCC[C@@H]2CCCCN2S(=O)(=O)c2ccccc2)cc1. The van der Waals surface area contributed by atoms with Crippen molar-refractivity contribution < 1.29 is 22.7 Å². The van der Waals surface area contributed by atoms with Crippen molar-refractivity contribution in [1.29, 1.82) is 0 Å². The monoisotopic (exact) mass is 473 g/mol.